The molecule has 6 nitrogen and oxygen atoms in total. The van der Waals surface area contributed by atoms with E-state index in [1.807, 2.05) is 76.2 Å². The Kier molecular flexibility index (Phi) is 12.0. The fraction of sp³-hybridized carbons (Fsp3) is 0.394. The largest absolute Gasteiger partial charge is 0.490 e. The van der Waals surface area contributed by atoms with Crippen molar-refractivity contribution in [3.63, 3.8) is 0 Å². The van der Waals surface area contributed by atoms with Crippen LogP contribution in [0.2, 0.25) is 0 Å². The summed E-state index contributed by atoms with van der Waals surface area (Å²) in [4.78, 5) is 29.0. The SMILES string of the molecule is CCOc1ccc(CCC(=O)N(Cc2ccc(F)cc2)[C@H](Cc2ccccc2)C(=O)NCC(C)C)cc1OCC. The Morgan fingerprint density at radius 1 is 0.850 bits per heavy atom. The fourth-order valence-corrected chi connectivity index (χ4v) is 4.41. The van der Waals surface area contributed by atoms with Crippen LogP contribution in [-0.4, -0.2) is 42.5 Å². The van der Waals surface area contributed by atoms with Gasteiger partial charge < -0.3 is 19.7 Å². The van der Waals surface area contributed by atoms with Gasteiger partial charge in [0.1, 0.15) is 11.9 Å². The van der Waals surface area contributed by atoms with Crippen molar-refractivity contribution in [3.05, 3.63) is 95.3 Å². The maximum absolute atomic E-state index is 13.9. The number of ether oxygens (including phenoxy) is 2. The number of amides is 2. The number of rotatable bonds is 15. The zero-order valence-corrected chi connectivity index (χ0v) is 24.0. The Hall–Kier alpha value is -3.87. The maximum atomic E-state index is 13.9. The molecule has 0 heterocycles. The molecular formula is C33H41FN2O4. The van der Waals surface area contributed by atoms with Gasteiger partial charge in [-0.25, -0.2) is 4.39 Å². The highest BCUT2D eigenvalue weighted by Gasteiger charge is 2.30. The summed E-state index contributed by atoms with van der Waals surface area (Å²) in [6, 6.07) is 20.7. The first-order chi connectivity index (χ1) is 19.3. The third-order valence-electron chi connectivity index (χ3n) is 6.46. The Bertz CT molecular complexity index is 1210. The Morgan fingerprint density at radius 2 is 1.50 bits per heavy atom. The number of hydrogen-bond donors (Lipinski definition) is 1. The van der Waals surface area contributed by atoms with E-state index in [-0.39, 0.29) is 36.5 Å². The summed E-state index contributed by atoms with van der Waals surface area (Å²) in [5, 5.41) is 3.02. The molecule has 3 aromatic rings. The van der Waals surface area contributed by atoms with Crippen LogP contribution < -0.4 is 14.8 Å². The molecule has 40 heavy (non-hydrogen) atoms. The summed E-state index contributed by atoms with van der Waals surface area (Å²) in [7, 11) is 0. The maximum Gasteiger partial charge on any atom is 0.243 e. The molecule has 0 aliphatic rings. The highest BCUT2D eigenvalue weighted by atomic mass is 19.1. The zero-order chi connectivity index (χ0) is 28.9. The van der Waals surface area contributed by atoms with Crippen LogP contribution >= 0.6 is 0 Å². The van der Waals surface area contributed by atoms with Crippen molar-refractivity contribution >= 4 is 11.8 Å². The van der Waals surface area contributed by atoms with E-state index < -0.39 is 6.04 Å². The van der Waals surface area contributed by atoms with Crippen LogP contribution in [0.15, 0.2) is 72.8 Å². The van der Waals surface area contributed by atoms with Gasteiger partial charge in [0.05, 0.1) is 13.2 Å². The molecule has 0 fully saturated rings. The number of halogens is 1. The first-order valence-corrected chi connectivity index (χ1v) is 14.0. The van der Waals surface area contributed by atoms with Crippen molar-refractivity contribution in [1.29, 1.82) is 0 Å². The van der Waals surface area contributed by atoms with Crippen LogP contribution in [0.5, 0.6) is 11.5 Å². The average Bonchev–Trinajstić information content (AvgIpc) is 2.95. The van der Waals surface area contributed by atoms with Crippen LogP contribution in [0.25, 0.3) is 0 Å². The van der Waals surface area contributed by atoms with Crippen molar-refractivity contribution in [3.8, 4) is 11.5 Å². The van der Waals surface area contributed by atoms with Crippen LogP contribution in [0.4, 0.5) is 4.39 Å². The van der Waals surface area contributed by atoms with E-state index in [0.29, 0.717) is 44.1 Å². The van der Waals surface area contributed by atoms with Crippen molar-refractivity contribution in [2.24, 2.45) is 5.92 Å². The molecule has 1 atom stereocenters. The summed E-state index contributed by atoms with van der Waals surface area (Å²) in [6.45, 7) is 9.62. The first-order valence-electron chi connectivity index (χ1n) is 14.0. The van der Waals surface area contributed by atoms with E-state index in [1.54, 1.807) is 17.0 Å². The van der Waals surface area contributed by atoms with Crippen molar-refractivity contribution < 1.29 is 23.5 Å². The summed E-state index contributed by atoms with van der Waals surface area (Å²) < 4.78 is 25.1. The summed E-state index contributed by atoms with van der Waals surface area (Å²) in [6.07, 6.45) is 1.04. The number of hydrogen-bond acceptors (Lipinski definition) is 4. The highest BCUT2D eigenvalue weighted by molar-refractivity contribution is 5.88. The number of carbonyl (C=O) groups excluding carboxylic acids is 2. The lowest BCUT2D eigenvalue weighted by atomic mass is 10.0. The van der Waals surface area contributed by atoms with E-state index in [2.05, 4.69) is 5.32 Å². The van der Waals surface area contributed by atoms with Crippen LogP contribution in [0.3, 0.4) is 0 Å². The van der Waals surface area contributed by atoms with Crippen LogP contribution in [-0.2, 0) is 29.0 Å². The van der Waals surface area contributed by atoms with Gasteiger partial charge in [-0.3, -0.25) is 9.59 Å². The van der Waals surface area contributed by atoms with E-state index in [0.717, 1.165) is 16.7 Å². The van der Waals surface area contributed by atoms with Crippen molar-refractivity contribution in [2.75, 3.05) is 19.8 Å². The van der Waals surface area contributed by atoms with Crippen molar-refractivity contribution in [2.45, 2.75) is 59.5 Å². The molecule has 7 heteroatoms. The van der Waals surface area contributed by atoms with Crippen molar-refractivity contribution in [1.82, 2.24) is 10.2 Å². The molecule has 0 radical (unpaired) electrons. The standard InChI is InChI=1S/C33H41FN2O4/c1-5-39-30-18-14-26(21-31(30)40-6-2)15-19-32(37)36(23-27-12-16-28(34)17-13-27)29(33(38)35-22-24(3)4)20-25-10-8-7-9-11-25/h7-14,16-18,21,24,29H,5-6,15,19-20,22-23H2,1-4H3,(H,35,38)/t29-/m1/s1. The normalized spacial score (nSPS) is 11.7. The van der Waals surface area contributed by atoms with Gasteiger partial charge in [0.25, 0.3) is 0 Å². The predicted octanol–water partition coefficient (Wildman–Crippen LogP) is 5.97. The first kappa shape index (κ1) is 30.7. The van der Waals surface area contributed by atoms with Gasteiger partial charge in [-0.1, -0.05) is 62.4 Å². The summed E-state index contributed by atoms with van der Waals surface area (Å²) in [5.74, 6) is 0.874. The second-order valence-electron chi connectivity index (χ2n) is 10.1. The number of benzene rings is 3. The lowest BCUT2D eigenvalue weighted by molar-refractivity contribution is -0.141. The molecule has 214 valence electrons. The quantitative estimate of drug-likeness (QED) is 0.254. The highest BCUT2D eigenvalue weighted by Crippen LogP contribution is 2.29. The van der Waals surface area contributed by atoms with Gasteiger partial charge in [-0.15, -0.1) is 0 Å². The number of carbonyl (C=O) groups is 2. The zero-order valence-electron chi connectivity index (χ0n) is 24.0. The van der Waals surface area contributed by atoms with Gasteiger partial charge in [0, 0.05) is 25.9 Å². The minimum atomic E-state index is -0.724. The summed E-state index contributed by atoms with van der Waals surface area (Å²) in [5.41, 5.74) is 2.65. The third-order valence-corrected chi connectivity index (χ3v) is 6.46. The van der Waals surface area contributed by atoms with Crippen LogP contribution in [0.1, 0.15) is 50.8 Å². The monoisotopic (exact) mass is 548 g/mol. The lowest BCUT2D eigenvalue weighted by Gasteiger charge is -2.32. The van der Waals surface area contributed by atoms with Crippen LogP contribution in [0, 0.1) is 11.7 Å². The number of aryl methyl sites for hydroxylation is 1. The molecule has 1 N–H and O–H groups in total. The molecule has 3 rings (SSSR count). The topological polar surface area (TPSA) is 67.9 Å². The number of nitrogens with one attached hydrogen (secondary N) is 1. The van der Waals surface area contributed by atoms with E-state index in [9.17, 15) is 14.0 Å². The van der Waals surface area contributed by atoms with Gasteiger partial charge in [-0.2, -0.15) is 0 Å². The molecule has 0 spiro atoms. The molecule has 0 aliphatic heterocycles. The van der Waals surface area contributed by atoms with Gasteiger partial charge >= 0.3 is 0 Å². The lowest BCUT2D eigenvalue weighted by Crippen LogP contribution is -2.51. The molecular weight excluding hydrogens is 507 g/mol. The predicted molar refractivity (Wildman–Crippen MR) is 156 cm³/mol. The Balaban J connectivity index is 1.89. The van der Waals surface area contributed by atoms with E-state index in [4.69, 9.17) is 9.47 Å². The minimum Gasteiger partial charge on any atom is -0.490 e. The fourth-order valence-electron chi connectivity index (χ4n) is 4.41. The molecule has 2 amide bonds. The molecule has 0 aromatic heterocycles. The summed E-state index contributed by atoms with van der Waals surface area (Å²) >= 11 is 0. The molecule has 0 saturated carbocycles. The molecule has 0 aliphatic carbocycles. The third kappa shape index (κ3) is 9.40. The second-order valence-corrected chi connectivity index (χ2v) is 10.1. The molecule has 0 unspecified atom stereocenters. The molecule has 0 bridgehead atoms. The smallest absolute Gasteiger partial charge is 0.243 e. The Morgan fingerprint density at radius 3 is 2.15 bits per heavy atom. The minimum absolute atomic E-state index is 0.156. The second kappa shape index (κ2) is 15.7. The molecule has 3 aromatic carbocycles. The number of nitrogens with zero attached hydrogens (tertiary/aromatic N) is 1. The molecule has 0 saturated heterocycles. The van der Waals surface area contributed by atoms with Gasteiger partial charge in [0.2, 0.25) is 11.8 Å². The average molecular weight is 549 g/mol. The Labute approximate surface area is 237 Å². The van der Waals surface area contributed by atoms with E-state index >= 15 is 0 Å². The van der Waals surface area contributed by atoms with Gasteiger partial charge in [0.15, 0.2) is 11.5 Å². The van der Waals surface area contributed by atoms with Gasteiger partial charge in [-0.05, 0) is 67.1 Å². The van der Waals surface area contributed by atoms with E-state index in [1.165, 1.54) is 12.1 Å².